The van der Waals surface area contributed by atoms with E-state index in [9.17, 15) is 0 Å². The van der Waals surface area contributed by atoms with Gasteiger partial charge in [-0.15, -0.1) is 0 Å². The fourth-order valence-electron chi connectivity index (χ4n) is 1.47. The lowest BCUT2D eigenvalue weighted by molar-refractivity contribution is 0.813. The Kier molecular flexibility index (Phi) is 6.56. The number of hydrogen-bond acceptors (Lipinski definition) is 7. The zero-order valence-corrected chi connectivity index (χ0v) is 12.3. The van der Waals surface area contributed by atoms with E-state index in [-0.39, 0.29) is 0 Å². The van der Waals surface area contributed by atoms with Gasteiger partial charge in [-0.1, -0.05) is 0 Å². The first kappa shape index (κ1) is 14.8. The molecule has 0 saturated heterocycles. The first-order valence-electron chi connectivity index (χ1n) is 6.16. The third-order valence-corrected chi connectivity index (χ3v) is 3.10. The monoisotopic (exact) mass is 270 g/mol. The molecule has 0 spiro atoms. The van der Waals surface area contributed by atoms with Crippen molar-refractivity contribution < 1.29 is 0 Å². The maximum atomic E-state index is 4.44. The summed E-state index contributed by atoms with van der Waals surface area (Å²) < 4.78 is 0. The second-order valence-corrected chi connectivity index (χ2v) is 4.61. The summed E-state index contributed by atoms with van der Waals surface area (Å²) in [6.45, 7) is 6.80. The normalized spacial score (nSPS) is 10.2. The van der Waals surface area contributed by atoms with E-state index < -0.39 is 0 Å². The largest absolute Gasteiger partial charge is 0.357 e. The molecule has 1 heterocycles. The third-order valence-electron chi connectivity index (χ3n) is 2.48. The lowest BCUT2D eigenvalue weighted by Crippen LogP contribution is -2.25. The van der Waals surface area contributed by atoms with E-state index in [2.05, 4.69) is 50.6 Å². The molecule has 7 heteroatoms. The van der Waals surface area contributed by atoms with E-state index in [4.69, 9.17) is 0 Å². The van der Waals surface area contributed by atoms with Gasteiger partial charge in [-0.05, 0) is 20.1 Å². The number of hydrogen-bond donors (Lipinski definition) is 2. The highest BCUT2D eigenvalue weighted by Gasteiger charge is 2.09. The molecule has 18 heavy (non-hydrogen) atoms. The standard InChI is InChI=1S/C11H22N6S/c1-5-17(6-2)11-15-9(12-3)14-10(16-11)13-7-8-18-4/h5-8H2,1-4H3,(H2,12,13,14,15,16). The van der Waals surface area contributed by atoms with Gasteiger partial charge in [-0.25, -0.2) is 0 Å². The molecular formula is C11H22N6S. The summed E-state index contributed by atoms with van der Waals surface area (Å²) in [5, 5.41) is 6.18. The first-order valence-corrected chi connectivity index (χ1v) is 7.56. The van der Waals surface area contributed by atoms with Gasteiger partial charge in [0.1, 0.15) is 0 Å². The molecule has 6 nitrogen and oxygen atoms in total. The molecule has 0 radical (unpaired) electrons. The number of aromatic nitrogens is 3. The minimum Gasteiger partial charge on any atom is -0.357 e. The van der Waals surface area contributed by atoms with Crippen LogP contribution in [0.5, 0.6) is 0 Å². The van der Waals surface area contributed by atoms with Crippen molar-refractivity contribution >= 4 is 29.6 Å². The third kappa shape index (κ3) is 4.21. The van der Waals surface area contributed by atoms with E-state index in [0.717, 1.165) is 25.4 Å². The molecule has 0 saturated carbocycles. The predicted octanol–water partition coefficient (Wildman–Crippen LogP) is 1.53. The van der Waals surface area contributed by atoms with Gasteiger partial charge in [0.15, 0.2) is 0 Å². The van der Waals surface area contributed by atoms with Gasteiger partial charge in [0.2, 0.25) is 17.8 Å². The predicted molar refractivity (Wildman–Crippen MR) is 79.8 cm³/mol. The molecule has 1 aromatic rings. The molecule has 102 valence electrons. The van der Waals surface area contributed by atoms with Crippen LogP contribution in [0.25, 0.3) is 0 Å². The van der Waals surface area contributed by atoms with Crippen LogP contribution in [-0.2, 0) is 0 Å². The van der Waals surface area contributed by atoms with Crippen molar-refractivity contribution in [1.29, 1.82) is 0 Å². The highest BCUT2D eigenvalue weighted by atomic mass is 32.2. The number of thioether (sulfide) groups is 1. The van der Waals surface area contributed by atoms with Gasteiger partial charge in [0, 0.05) is 32.4 Å². The number of nitrogens with zero attached hydrogens (tertiary/aromatic N) is 4. The van der Waals surface area contributed by atoms with Gasteiger partial charge < -0.3 is 15.5 Å². The Morgan fingerprint density at radius 1 is 1.11 bits per heavy atom. The van der Waals surface area contributed by atoms with Crippen molar-refractivity contribution in [2.45, 2.75) is 13.8 Å². The molecule has 0 atom stereocenters. The summed E-state index contributed by atoms with van der Waals surface area (Å²) in [6, 6.07) is 0. The van der Waals surface area contributed by atoms with Crippen LogP contribution in [0.3, 0.4) is 0 Å². The Bertz CT molecular complexity index is 355. The van der Waals surface area contributed by atoms with Crippen molar-refractivity contribution in [3.63, 3.8) is 0 Å². The van der Waals surface area contributed by atoms with Crippen molar-refractivity contribution in [2.75, 3.05) is 54.2 Å². The Balaban J connectivity index is 2.86. The second kappa shape index (κ2) is 7.97. The van der Waals surface area contributed by atoms with E-state index in [1.54, 1.807) is 11.8 Å². The summed E-state index contributed by atoms with van der Waals surface area (Å²) in [6.07, 6.45) is 2.08. The maximum Gasteiger partial charge on any atom is 0.231 e. The van der Waals surface area contributed by atoms with Crippen LogP contribution in [-0.4, -0.2) is 53.6 Å². The summed E-state index contributed by atoms with van der Waals surface area (Å²) in [5.74, 6) is 2.97. The fourth-order valence-corrected chi connectivity index (χ4v) is 1.77. The van der Waals surface area contributed by atoms with Gasteiger partial charge in [-0.2, -0.15) is 26.7 Å². The topological polar surface area (TPSA) is 66.0 Å². The van der Waals surface area contributed by atoms with Crippen molar-refractivity contribution in [1.82, 2.24) is 15.0 Å². The fraction of sp³-hybridized carbons (Fsp3) is 0.727. The highest BCUT2D eigenvalue weighted by Crippen LogP contribution is 2.13. The minimum atomic E-state index is 0.596. The van der Waals surface area contributed by atoms with Crippen LogP contribution in [0.2, 0.25) is 0 Å². The zero-order chi connectivity index (χ0) is 13.4. The molecule has 0 fully saturated rings. The van der Waals surface area contributed by atoms with Crippen LogP contribution < -0.4 is 15.5 Å². The van der Waals surface area contributed by atoms with Gasteiger partial charge >= 0.3 is 0 Å². The highest BCUT2D eigenvalue weighted by molar-refractivity contribution is 7.98. The Morgan fingerprint density at radius 3 is 2.33 bits per heavy atom. The second-order valence-electron chi connectivity index (χ2n) is 3.62. The summed E-state index contributed by atoms with van der Waals surface area (Å²) in [5.41, 5.74) is 0. The molecular weight excluding hydrogens is 248 g/mol. The van der Waals surface area contributed by atoms with Crippen molar-refractivity contribution in [3.8, 4) is 0 Å². The maximum absolute atomic E-state index is 4.44. The summed E-state index contributed by atoms with van der Waals surface area (Å²) >= 11 is 1.79. The molecule has 0 bridgehead atoms. The molecule has 0 aliphatic heterocycles. The average molecular weight is 270 g/mol. The van der Waals surface area contributed by atoms with Gasteiger partial charge in [0.25, 0.3) is 0 Å². The van der Waals surface area contributed by atoms with Crippen LogP contribution in [0.4, 0.5) is 17.8 Å². The first-order chi connectivity index (χ1) is 8.74. The van der Waals surface area contributed by atoms with E-state index >= 15 is 0 Å². The zero-order valence-electron chi connectivity index (χ0n) is 11.5. The Hall–Kier alpha value is -1.24. The van der Waals surface area contributed by atoms with Crippen molar-refractivity contribution in [3.05, 3.63) is 0 Å². The Labute approximate surface area is 113 Å². The van der Waals surface area contributed by atoms with E-state index in [1.807, 2.05) is 7.05 Å². The van der Waals surface area contributed by atoms with Crippen LogP contribution in [0.15, 0.2) is 0 Å². The van der Waals surface area contributed by atoms with Crippen LogP contribution in [0, 0.1) is 0 Å². The SMILES string of the molecule is CCN(CC)c1nc(NC)nc(NCCSC)n1. The molecule has 1 aromatic heterocycles. The lowest BCUT2D eigenvalue weighted by atomic mass is 10.5. The minimum absolute atomic E-state index is 0.596. The molecule has 0 aliphatic rings. The summed E-state index contributed by atoms with van der Waals surface area (Å²) in [4.78, 5) is 15.2. The van der Waals surface area contributed by atoms with Crippen molar-refractivity contribution in [2.24, 2.45) is 0 Å². The van der Waals surface area contributed by atoms with E-state index in [0.29, 0.717) is 17.8 Å². The summed E-state index contributed by atoms with van der Waals surface area (Å²) in [7, 11) is 1.81. The molecule has 0 aliphatic carbocycles. The molecule has 0 aromatic carbocycles. The molecule has 0 amide bonds. The smallest absolute Gasteiger partial charge is 0.231 e. The van der Waals surface area contributed by atoms with Crippen LogP contribution >= 0.6 is 11.8 Å². The molecule has 0 unspecified atom stereocenters. The molecule has 1 rings (SSSR count). The Morgan fingerprint density at radius 2 is 1.78 bits per heavy atom. The quantitative estimate of drug-likeness (QED) is 0.694. The number of nitrogens with one attached hydrogen (secondary N) is 2. The van der Waals surface area contributed by atoms with Gasteiger partial charge in [0.05, 0.1) is 0 Å². The van der Waals surface area contributed by atoms with E-state index in [1.165, 1.54) is 0 Å². The van der Waals surface area contributed by atoms with Crippen LogP contribution in [0.1, 0.15) is 13.8 Å². The molecule has 2 N–H and O–H groups in total. The lowest BCUT2D eigenvalue weighted by Gasteiger charge is -2.19. The number of rotatable bonds is 8. The van der Waals surface area contributed by atoms with Gasteiger partial charge in [-0.3, -0.25) is 0 Å². The average Bonchev–Trinajstić information content (AvgIpc) is 2.40. The number of anilines is 3.